The predicted octanol–water partition coefficient (Wildman–Crippen LogP) is 4.01. The highest BCUT2D eigenvalue weighted by atomic mass is 16.5. The fraction of sp³-hybridized carbons (Fsp3) is 0.182. The number of methoxy groups -OCH3 is 2. The van der Waals surface area contributed by atoms with Gasteiger partial charge in [-0.05, 0) is 36.2 Å². The average molecular weight is 377 g/mol. The molecule has 0 spiro atoms. The summed E-state index contributed by atoms with van der Waals surface area (Å²) in [5.41, 5.74) is 2.33. The van der Waals surface area contributed by atoms with Crippen LogP contribution in [0.4, 0.5) is 11.5 Å². The van der Waals surface area contributed by atoms with Gasteiger partial charge in [-0.3, -0.25) is 4.79 Å². The Labute approximate surface area is 164 Å². The zero-order valence-corrected chi connectivity index (χ0v) is 15.9. The molecule has 2 aromatic carbocycles. The van der Waals surface area contributed by atoms with Crippen molar-refractivity contribution in [2.75, 3.05) is 31.4 Å². The molecule has 0 fully saturated rings. The molecule has 0 saturated heterocycles. The maximum atomic E-state index is 12.6. The van der Waals surface area contributed by atoms with Crippen LogP contribution in [0.25, 0.3) is 0 Å². The van der Waals surface area contributed by atoms with Gasteiger partial charge in [-0.15, -0.1) is 0 Å². The van der Waals surface area contributed by atoms with E-state index in [1.54, 1.807) is 50.7 Å². The van der Waals surface area contributed by atoms with Crippen LogP contribution in [-0.2, 0) is 6.42 Å². The summed E-state index contributed by atoms with van der Waals surface area (Å²) in [6.07, 6.45) is 2.49. The number of benzene rings is 2. The first-order chi connectivity index (χ1) is 13.7. The number of nitrogens with one attached hydrogen (secondary N) is 2. The molecule has 3 aromatic rings. The standard InChI is InChI=1S/C22H23N3O3/c1-27-18-8-9-19(20(15-18)28-2)25-22(26)17-11-13-24-21(14-17)23-12-10-16-6-4-3-5-7-16/h3-9,11,13-15H,10,12H2,1-2H3,(H,23,24)(H,25,26). The van der Waals surface area contributed by atoms with E-state index in [0.29, 0.717) is 28.6 Å². The van der Waals surface area contributed by atoms with E-state index in [4.69, 9.17) is 9.47 Å². The molecule has 3 rings (SSSR count). The summed E-state index contributed by atoms with van der Waals surface area (Å²) >= 11 is 0. The van der Waals surface area contributed by atoms with Gasteiger partial charge >= 0.3 is 0 Å². The van der Waals surface area contributed by atoms with Crippen LogP contribution >= 0.6 is 0 Å². The molecule has 28 heavy (non-hydrogen) atoms. The van der Waals surface area contributed by atoms with Crippen molar-refractivity contribution >= 4 is 17.4 Å². The quantitative estimate of drug-likeness (QED) is 0.621. The Hall–Kier alpha value is -3.54. The van der Waals surface area contributed by atoms with Crippen molar-refractivity contribution in [1.29, 1.82) is 0 Å². The number of aromatic nitrogens is 1. The van der Waals surface area contributed by atoms with Crippen LogP contribution in [0.15, 0.2) is 66.9 Å². The van der Waals surface area contributed by atoms with Crippen molar-refractivity contribution in [3.8, 4) is 11.5 Å². The van der Waals surface area contributed by atoms with Crippen LogP contribution in [0.1, 0.15) is 15.9 Å². The molecule has 144 valence electrons. The smallest absolute Gasteiger partial charge is 0.255 e. The van der Waals surface area contributed by atoms with Gasteiger partial charge in [-0.2, -0.15) is 0 Å². The Morgan fingerprint density at radius 3 is 2.57 bits per heavy atom. The largest absolute Gasteiger partial charge is 0.497 e. The molecule has 0 aliphatic rings. The van der Waals surface area contributed by atoms with E-state index in [1.165, 1.54) is 5.56 Å². The van der Waals surface area contributed by atoms with Crippen molar-refractivity contribution in [1.82, 2.24) is 4.98 Å². The van der Waals surface area contributed by atoms with Crippen LogP contribution in [0.3, 0.4) is 0 Å². The van der Waals surface area contributed by atoms with Gasteiger partial charge in [0.25, 0.3) is 5.91 Å². The first-order valence-corrected chi connectivity index (χ1v) is 8.97. The van der Waals surface area contributed by atoms with Crippen LogP contribution in [0.5, 0.6) is 11.5 Å². The third kappa shape index (κ3) is 5.01. The van der Waals surface area contributed by atoms with Gasteiger partial charge in [-0.25, -0.2) is 4.98 Å². The Bertz CT molecular complexity index is 929. The molecule has 0 unspecified atom stereocenters. The molecule has 1 amide bonds. The lowest BCUT2D eigenvalue weighted by Gasteiger charge is -2.12. The number of pyridine rings is 1. The number of nitrogens with zero attached hydrogens (tertiary/aromatic N) is 1. The molecule has 0 bridgehead atoms. The van der Waals surface area contributed by atoms with E-state index in [-0.39, 0.29) is 5.91 Å². The highest BCUT2D eigenvalue weighted by Crippen LogP contribution is 2.29. The van der Waals surface area contributed by atoms with Crippen molar-refractivity contribution in [3.05, 3.63) is 78.0 Å². The minimum Gasteiger partial charge on any atom is -0.497 e. The molecule has 1 aromatic heterocycles. The summed E-state index contributed by atoms with van der Waals surface area (Å²) in [6.45, 7) is 0.731. The lowest BCUT2D eigenvalue weighted by atomic mass is 10.1. The van der Waals surface area contributed by atoms with E-state index in [0.717, 1.165) is 13.0 Å². The lowest BCUT2D eigenvalue weighted by molar-refractivity contribution is 0.102. The molecule has 6 heteroatoms. The Balaban J connectivity index is 1.64. The van der Waals surface area contributed by atoms with Crippen molar-refractivity contribution in [2.24, 2.45) is 0 Å². The highest BCUT2D eigenvalue weighted by molar-refractivity contribution is 6.05. The van der Waals surface area contributed by atoms with Crippen molar-refractivity contribution in [2.45, 2.75) is 6.42 Å². The highest BCUT2D eigenvalue weighted by Gasteiger charge is 2.11. The molecule has 0 aliphatic carbocycles. The fourth-order valence-corrected chi connectivity index (χ4v) is 2.74. The number of amides is 1. The van der Waals surface area contributed by atoms with Crippen molar-refractivity contribution in [3.63, 3.8) is 0 Å². The Kier molecular flexibility index (Phi) is 6.46. The first-order valence-electron chi connectivity index (χ1n) is 8.97. The summed E-state index contributed by atoms with van der Waals surface area (Å²) in [7, 11) is 3.13. The second-order valence-electron chi connectivity index (χ2n) is 6.11. The summed E-state index contributed by atoms with van der Waals surface area (Å²) < 4.78 is 10.5. The van der Waals surface area contributed by atoms with E-state index in [1.807, 2.05) is 18.2 Å². The van der Waals surface area contributed by atoms with E-state index < -0.39 is 0 Å². The monoisotopic (exact) mass is 377 g/mol. The normalized spacial score (nSPS) is 10.2. The van der Waals surface area contributed by atoms with Crippen LogP contribution < -0.4 is 20.1 Å². The summed E-state index contributed by atoms with van der Waals surface area (Å²) in [4.78, 5) is 16.9. The number of hydrogen-bond donors (Lipinski definition) is 2. The molecular formula is C22H23N3O3. The molecular weight excluding hydrogens is 354 g/mol. The minimum atomic E-state index is -0.239. The summed E-state index contributed by atoms with van der Waals surface area (Å²) in [5.74, 6) is 1.61. The Morgan fingerprint density at radius 1 is 1.00 bits per heavy atom. The number of rotatable bonds is 8. The minimum absolute atomic E-state index is 0.239. The van der Waals surface area contributed by atoms with Gasteiger partial charge in [0.2, 0.25) is 0 Å². The third-order valence-electron chi connectivity index (χ3n) is 4.24. The van der Waals surface area contributed by atoms with Gasteiger partial charge in [0.15, 0.2) is 0 Å². The van der Waals surface area contributed by atoms with Gasteiger partial charge in [0.05, 0.1) is 19.9 Å². The average Bonchev–Trinajstić information content (AvgIpc) is 2.75. The number of carbonyl (C=O) groups is 1. The number of carbonyl (C=O) groups excluding carboxylic acids is 1. The van der Waals surface area contributed by atoms with Crippen LogP contribution in [0, 0.1) is 0 Å². The lowest BCUT2D eigenvalue weighted by Crippen LogP contribution is -2.14. The molecule has 0 atom stereocenters. The van der Waals surface area contributed by atoms with Gasteiger partial charge in [0.1, 0.15) is 17.3 Å². The molecule has 2 N–H and O–H groups in total. The van der Waals surface area contributed by atoms with Crippen LogP contribution in [0.2, 0.25) is 0 Å². The second kappa shape index (κ2) is 9.41. The van der Waals surface area contributed by atoms with E-state index in [9.17, 15) is 4.79 Å². The second-order valence-corrected chi connectivity index (χ2v) is 6.11. The first kappa shape index (κ1) is 19.2. The number of anilines is 2. The molecule has 0 saturated carbocycles. The topological polar surface area (TPSA) is 72.5 Å². The molecule has 1 heterocycles. The van der Waals surface area contributed by atoms with E-state index >= 15 is 0 Å². The third-order valence-corrected chi connectivity index (χ3v) is 4.24. The predicted molar refractivity (Wildman–Crippen MR) is 110 cm³/mol. The summed E-state index contributed by atoms with van der Waals surface area (Å²) in [5, 5.41) is 6.12. The fourth-order valence-electron chi connectivity index (χ4n) is 2.74. The van der Waals surface area contributed by atoms with Gasteiger partial charge in [-0.1, -0.05) is 30.3 Å². The maximum absolute atomic E-state index is 12.6. The van der Waals surface area contributed by atoms with Gasteiger partial charge < -0.3 is 20.1 Å². The zero-order chi connectivity index (χ0) is 19.8. The summed E-state index contributed by atoms with van der Waals surface area (Å²) in [6, 6.07) is 18.8. The maximum Gasteiger partial charge on any atom is 0.255 e. The zero-order valence-electron chi connectivity index (χ0n) is 15.9. The SMILES string of the molecule is COc1ccc(NC(=O)c2ccnc(NCCc3ccccc3)c2)c(OC)c1. The molecule has 0 radical (unpaired) electrons. The number of ether oxygens (including phenoxy) is 2. The van der Waals surface area contributed by atoms with E-state index in [2.05, 4.69) is 27.8 Å². The molecule has 6 nitrogen and oxygen atoms in total. The molecule has 0 aliphatic heterocycles. The Morgan fingerprint density at radius 2 is 1.82 bits per heavy atom. The van der Waals surface area contributed by atoms with Crippen molar-refractivity contribution < 1.29 is 14.3 Å². The van der Waals surface area contributed by atoms with Gasteiger partial charge in [0, 0.05) is 24.4 Å². The van der Waals surface area contributed by atoms with Crippen LogP contribution in [-0.4, -0.2) is 31.7 Å². The number of hydrogen-bond acceptors (Lipinski definition) is 5.